The fraction of sp³-hybridized carbons (Fsp3) is 0.270. The number of hydrogen-bond acceptors (Lipinski definition) is 1. The molecule has 8 aromatic carbocycles. The van der Waals surface area contributed by atoms with Crippen LogP contribution in [0.15, 0.2) is 133 Å². The first-order valence-electron chi connectivity index (χ1n) is 28.7. The molecule has 0 saturated heterocycles. The number of nitrogens with zero attached hydrogens (tertiary/aromatic N) is 4. The van der Waals surface area contributed by atoms with Crippen molar-refractivity contribution in [2.45, 2.75) is 116 Å². The van der Waals surface area contributed by atoms with E-state index in [2.05, 4.69) is 222 Å². The molecule has 0 radical (unpaired) electrons. The van der Waals surface area contributed by atoms with Gasteiger partial charge in [0.05, 0.1) is 45.8 Å². The maximum Gasteiger partial charge on any atom is 0.197 e. The van der Waals surface area contributed by atoms with Crippen molar-refractivity contribution in [2.24, 2.45) is 11.8 Å². The maximum atomic E-state index is 11.8. The second kappa shape index (κ2) is 14.5. The number of aromatic nitrogens is 2. The minimum Gasteiger partial charge on any atom is -0.309 e. The highest BCUT2D eigenvalue weighted by molar-refractivity contribution is 6.36. The Balaban J connectivity index is 1.09. The smallest absolute Gasteiger partial charge is 0.197 e. The molecule has 0 spiro atoms. The number of benzene rings is 8. The summed E-state index contributed by atoms with van der Waals surface area (Å²) in [4.78, 5) is 4.68. The molecule has 0 fully saturated rings. The predicted molar refractivity (Wildman–Crippen MR) is 322 cm³/mol. The van der Waals surface area contributed by atoms with Crippen LogP contribution in [-0.4, -0.2) is 8.80 Å². The lowest BCUT2D eigenvalue weighted by Gasteiger charge is -2.51. The van der Waals surface area contributed by atoms with Gasteiger partial charge in [-0.25, -0.2) is 4.85 Å². The molecule has 4 bridgehead atoms. The van der Waals surface area contributed by atoms with Gasteiger partial charge in [0, 0.05) is 72.3 Å². The van der Waals surface area contributed by atoms with Gasteiger partial charge in [-0.3, -0.25) is 0 Å². The van der Waals surface area contributed by atoms with Crippen molar-refractivity contribution >= 4 is 81.9 Å². The standard InChI is InChI=1S/C74H60N4/c1-35(2)54-51(34-75)62-56-39-20-12-14-22-41(39)57(42-23-15-13-21-40(42)56)65(62)63-49-32-37(73(5,6)7)30-47-60-52(77(69(47)49)71(54)63)28-29-53-61(60)48-31-38(74(8,9)10)33-50-64-66-58-43-24-16-18-26-45(43)59(46-27-19-17-25-44(46)58)67(66)68(76-11)55(36(3)4)72(64)78(53)70(48)50/h12-33,35-36,39,41,56-59H,1-10H3. The molecule has 0 N–H and O–H groups in total. The highest BCUT2D eigenvalue weighted by Crippen LogP contribution is 2.66. The van der Waals surface area contributed by atoms with E-state index in [1.165, 1.54) is 149 Å². The molecule has 0 aliphatic heterocycles. The van der Waals surface area contributed by atoms with Gasteiger partial charge in [0.2, 0.25) is 0 Å². The summed E-state index contributed by atoms with van der Waals surface area (Å²) in [5.41, 5.74) is 27.1. The first-order chi connectivity index (χ1) is 37.6. The molecule has 4 heteroatoms. The summed E-state index contributed by atoms with van der Waals surface area (Å²) in [7, 11) is 0. The zero-order valence-electron chi connectivity index (χ0n) is 46.1. The van der Waals surface area contributed by atoms with Crippen LogP contribution >= 0.6 is 0 Å². The lowest BCUT2D eigenvalue weighted by molar-refractivity contribution is 0.332. The summed E-state index contributed by atoms with van der Waals surface area (Å²) < 4.78 is 5.26. The van der Waals surface area contributed by atoms with Gasteiger partial charge in [0.25, 0.3) is 0 Å². The Labute approximate surface area is 455 Å². The van der Waals surface area contributed by atoms with Gasteiger partial charge in [-0.1, -0.05) is 166 Å². The van der Waals surface area contributed by atoms with Crippen molar-refractivity contribution in [2.75, 3.05) is 0 Å². The van der Waals surface area contributed by atoms with Crippen molar-refractivity contribution < 1.29 is 0 Å². The Hall–Kier alpha value is -8.18. The summed E-state index contributed by atoms with van der Waals surface area (Å²) in [5, 5.41) is 22.2. The van der Waals surface area contributed by atoms with Gasteiger partial charge in [-0.05, 0) is 149 Å². The van der Waals surface area contributed by atoms with E-state index in [-0.39, 0.29) is 46.3 Å². The van der Waals surface area contributed by atoms with Crippen LogP contribution in [0.25, 0.3) is 81.0 Å². The van der Waals surface area contributed by atoms with Gasteiger partial charge in [0.15, 0.2) is 5.69 Å². The first kappa shape index (κ1) is 44.9. The number of nitriles is 1. The van der Waals surface area contributed by atoms with E-state index in [9.17, 15) is 11.8 Å². The van der Waals surface area contributed by atoms with Gasteiger partial charge >= 0.3 is 0 Å². The molecule has 78 heavy (non-hydrogen) atoms. The lowest BCUT2D eigenvalue weighted by Crippen LogP contribution is -2.40. The van der Waals surface area contributed by atoms with E-state index in [0.29, 0.717) is 11.8 Å². The Morgan fingerprint density at radius 1 is 0.487 bits per heavy atom. The molecule has 4 aromatic heterocycles. The minimum atomic E-state index is -0.157. The van der Waals surface area contributed by atoms with Crippen molar-refractivity contribution in [3.63, 3.8) is 0 Å². The maximum absolute atomic E-state index is 11.8. The molecule has 0 amide bonds. The van der Waals surface area contributed by atoms with E-state index in [0.717, 1.165) is 16.8 Å². The normalized spacial score (nSPS) is 20.8. The lowest BCUT2D eigenvalue weighted by atomic mass is 9.52. The minimum absolute atomic E-state index is 0.00769. The molecule has 4 nitrogen and oxygen atoms in total. The van der Waals surface area contributed by atoms with E-state index in [1.54, 1.807) is 0 Å². The second-order valence-corrected chi connectivity index (χ2v) is 26.7. The molecule has 4 unspecified atom stereocenters. The predicted octanol–water partition coefficient (Wildman–Crippen LogP) is 19.2. The van der Waals surface area contributed by atoms with E-state index >= 15 is 0 Å². The van der Waals surface area contributed by atoms with Gasteiger partial charge in [-0.2, -0.15) is 5.26 Å². The van der Waals surface area contributed by atoms with Crippen molar-refractivity contribution in [1.29, 1.82) is 5.26 Å². The molecular formula is C74H60N4. The van der Waals surface area contributed by atoms with Crippen LogP contribution in [-0.2, 0) is 10.8 Å². The summed E-state index contributed by atoms with van der Waals surface area (Å²) in [6.07, 6.45) is 9.42. The Bertz CT molecular complexity index is 4890. The van der Waals surface area contributed by atoms with Crippen molar-refractivity contribution in [3.8, 4) is 6.07 Å². The first-order valence-corrected chi connectivity index (χ1v) is 28.7. The van der Waals surface area contributed by atoms with Crippen LogP contribution in [0.1, 0.15) is 188 Å². The molecule has 19 rings (SSSR count). The summed E-state index contributed by atoms with van der Waals surface area (Å²) in [5.74, 6) is 0.973. The average molecular weight is 1010 g/mol. The zero-order chi connectivity index (χ0) is 53.1. The van der Waals surface area contributed by atoms with Gasteiger partial charge in [-0.15, -0.1) is 0 Å². The van der Waals surface area contributed by atoms with Crippen molar-refractivity contribution in [1.82, 2.24) is 8.80 Å². The van der Waals surface area contributed by atoms with Crippen LogP contribution in [0.3, 0.4) is 0 Å². The van der Waals surface area contributed by atoms with E-state index < -0.39 is 0 Å². The monoisotopic (exact) mass is 1000 g/mol. The second-order valence-electron chi connectivity index (χ2n) is 26.7. The average Bonchev–Trinajstić information content (AvgIpc) is 1.94. The van der Waals surface area contributed by atoms with E-state index in [4.69, 9.17) is 0 Å². The highest BCUT2D eigenvalue weighted by atomic mass is 14.9. The topological polar surface area (TPSA) is 37.0 Å². The molecule has 7 aliphatic carbocycles. The number of rotatable bonds is 2. The molecule has 0 saturated carbocycles. The van der Waals surface area contributed by atoms with Crippen LogP contribution < -0.4 is 0 Å². The van der Waals surface area contributed by atoms with E-state index in [1.807, 2.05) is 0 Å². The molecule has 4 heterocycles. The summed E-state index contributed by atoms with van der Waals surface area (Å²) in [6, 6.07) is 45.3. The molecule has 4 atom stereocenters. The third kappa shape index (κ3) is 5.05. The summed E-state index contributed by atoms with van der Waals surface area (Å²) in [6.45, 7) is 32.7. The van der Waals surface area contributed by atoms with Gasteiger partial charge in [0.1, 0.15) is 0 Å². The Morgan fingerprint density at radius 3 is 1.31 bits per heavy atom. The number of allylic oxidation sites excluding steroid dienone is 4. The molecule has 7 aliphatic rings. The summed E-state index contributed by atoms with van der Waals surface area (Å²) >= 11 is 0. The SMILES string of the molecule is [C-]#[N+]c1c2c(c3c4cc(C(C)(C)C)cc5c6c7c8cc(C(C)(C)C)cc9c%10c%11c(c(C#N)c(C(C)C)c%10n(c7ccc6n(c3c1C(C)C)c45)c98)C1c3ccccc3C%11C3C=CC=CC13)C1c3ccccc3C2c2ccccc21. The number of fused-ring (bicyclic) bond motifs is 13. The number of hydrogen-bond donors (Lipinski definition) is 0. The van der Waals surface area contributed by atoms with Crippen LogP contribution in [0.5, 0.6) is 0 Å². The molecule has 376 valence electrons. The quantitative estimate of drug-likeness (QED) is 0.159. The highest BCUT2D eigenvalue weighted by Gasteiger charge is 2.52. The third-order valence-electron chi connectivity index (χ3n) is 20.2. The third-order valence-corrected chi connectivity index (χ3v) is 20.2. The molecule has 12 aromatic rings. The Kier molecular flexibility index (Phi) is 8.34. The molecular weight excluding hydrogens is 945 g/mol. The largest absolute Gasteiger partial charge is 0.309 e. The Morgan fingerprint density at radius 2 is 0.885 bits per heavy atom. The fourth-order valence-electron chi connectivity index (χ4n) is 17.3. The van der Waals surface area contributed by atoms with Gasteiger partial charge < -0.3 is 8.80 Å². The zero-order valence-corrected chi connectivity index (χ0v) is 46.1. The van der Waals surface area contributed by atoms with Crippen LogP contribution in [0.4, 0.5) is 5.69 Å². The fourth-order valence-corrected chi connectivity index (χ4v) is 17.3. The van der Waals surface area contributed by atoms with Crippen molar-refractivity contribution in [3.05, 3.63) is 228 Å². The van der Waals surface area contributed by atoms with Crippen LogP contribution in [0, 0.1) is 29.7 Å². The van der Waals surface area contributed by atoms with Crippen LogP contribution in [0.2, 0.25) is 0 Å².